The van der Waals surface area contributed by atoms with E-state index in [-0.39, 0.29) is 0 Å². The van der Waals surface area contributed by atoms with Gasteiger partial charge in [0.1, 0.15) is 5.82 Å². The molecular weight excluding hydrogens is 270 g/mol. The van der Waals surface area contributed by atoms with Crippen molar-refractivity contribution < 1.29 is 0 Å². The van der Waals surface area contributed by atoms with Gasteiger partial charge >= 0.3 is 0 Å². The SMILES string of the molecule is CCN1CCCC[C@@H]1c1ccc(N(C)c2ccccc2)nc1. The van der Waals surface area contributed by atoms with E-state index in [0.717, 1.165) is 18.1 Å². The van der Waals surface area contributed by atoms with Crippen LogP contribution >= 0.6 is 0 Å². The Hall–Kier alpha value is -1.87. The van der Waals surface area contributed by atoms with Crippen molar-refractivity contribution in [2.24, 2.45) is 0 Å². The molecule has 116 valence electrons. The topological polar surface area (TPSA) is 19.4 Å². The standard InChI is InChI=1S/C19H25N3/c1-3-22-14-8-7-11-18(22)16-12-13-19(20-15-16)21(2)17-9-5-4-6-10-17/h4-6,9-10,12-13,15,18H,3,7-8,11,14H2,1-2H3/t18-/m1/s1. The summed E-state index contributed by atoms with van der Waals surface area (Å²) in [5.41, 5.74) is 2.52. The molecule has 0 bridgehead atoms. The Bertz CT molecular complexity index is 579. The number of likely N-dealkylation sites (tertiary alicyclic amines) is 1. The highest BCUT2D eigenvalue weighted by Crippen LogP contribution is 2.31. The molecule has 0 N–H and O–H groups in total. The Morgan fingerprint density at radius 2 is 1.95 bits per heavy atom. The summed E-state index contributed by atoms with van der Waals surface area (Å²) in [5.74, 6) is 0.994. The van der Waals surface area contributed by atoms with Crippen LogP contribution in [0.1, 0.15) is 37.8 Å². The van der Waals surface area contributed by atoms with Gasteiger partial charge in [0.25, 0.3) is 0 Å². The minimum atomic E-state index is 0.544. The van der Waals surface area contributed by atoms with Gasteiger partial charge in [-0.25, -0.2) is 4.98 Å². The normalized spacial score (nSPS) is 19.1. The van der Waals surface area contributed by atoms with Gasteiger partial charge in [0.15, 0.2) is 0 Å². The lowest BCUT2D eigenvalue weighted by Gasteiger charge is -2.35. The van der Waals surface area contributed by atoms with Gasteiger partial charge in [0.2, 0.25) is 0 Å². The molecular formula is C19H25N3. The van der Waals surface area contributed by atoms with Gasteiger partial charge in [0, 0.05) is 25.0 Å². The van der Waals surface area contributed by atoms with Crippen LogP contribution in [0.2, 0.25) is 0 Å². The van der Waals surface area contributed by atoms with Crippen LogP contribution in [0.25, 0.3) is 0 Å². The monoisotopic (exact) mass is 295 g/mol. The fourth-order valence-electron chi connectivity index (χ4n) is 3.32. The number of anilines is 2. The fraction of sp³-hybridized carbons (Fsp3) is 0.421. The summed E-state index contributed by atoms with van der Waals surface area (Å²) < 4.78 is 0. The second kappa shape index (κ2) is 6.93. The number of benzene rings is 1. The van der Waals surface area contributed by atoms with Crippen molar-refractivity contribution in [2.75, 3.05) is 25.0 Å². The number of hydrogen-bond acceptors (Lipinski definition) is 3. The van der Waals surface area contributed by atoms with E-state index in [0.29, 0.717) is 6.04 Å². The molecule has 3 rings (SSSR count). The van der Waals surface area contributed by atoms with E-state index >= 15 is 0 Å². The molecule has 0 amide bonds. The minimum Gasteiger partial charge on any atom is -0.329 e. The molecule has 3 nitrogen and oxygen atoms in total. The van der Waals surface area contributed by atoms with Gasteiger partial charge in [-0.2, -0.15) is 0 Å². The molecule has 1 aromatic heterocycles. The number of para-hydroxylation sites is 1. The molecule has 1 aromatic carbocycles. The average molecular weight is 295 g/mol. The molecule has 3 heteroatoms. The average Bonchev–Trinajstić information content (AvgIpc) is 2.62. The van der Waals surface area contributed by atoms with Gasteiger partial charge in [-0.15, -0.1) is 0 Å². The molecule has 2 heterocycles. The summed E-state index contributed by atoms with van der Waals surface area (Å²) in [6.07, 6.45) is 5.97. The predicted molar refractivity (Wildman–Crippen MR) is 92.6 cm³/mol. The molecule has 1 atom stereocenters. The van der Waals surface area contributed by atoms with Crippen LogP contribution in [0.4, 0.5) is 11.5 Å². The first-order valence-corrected chi connectivity index (χ1v) is 8.28. The molecule has 1 fully saturated rings. The predicted octanol–water partition coefficient (Wildman–Crippen LogP) is 4.40. The number of rotatable bonds is 4. The molecule has 0 spiro atoms. The molecule has 22 heavy (non-hydrogen) atoms. The van der Waals surface area contributed by atoms with Crippen molar-refractivity contribution >= 4 is 11.5 Å². The van der Waals surface area contributed by atoms with Crippen molar-refractivity contribution in [3.63, 3.8) is 0 Å². The van der Waals surface area contributed by atoms with Gasteiger partial charge in [-0.1, -0.05) is 37.6 Å². The van der Waals surface area contributed by atoms with E-state index in [1.54, 1.807) is 0 Å². The van der Waals surface area contributed by atoms with Crippen molar-refractivity contribution in [2.45, 2.75) is 32.2 Å². The fourth-order valence-corrected chi connectivity index (χ4v) is 3.32. The Labute approximate surface area is 133 Å². The number of piperidine rings is 1. The molecule has 0 aliphatic carbocycles. The summed E-state index contributed by atoms with van der Waals surface area (Å²) in [6.45, 7) is 4.59. The van der Waals surface area contributed by atoms with Gasteiger partial charge in [-0.3, -0.25) is 4.90 Å². The third-order valence-electron chi connectivity index (χ3n) is 4.66. The van der Waals surface area contributed by atoms with E-state index in [1.807, 2.05) is 6.07 Å². The van der Waals surface area contributed by atoms with E-state index in [4.69, 9.17) is 4.98 Å². The smallest absolute Gasteiger partial charge is 0.132 e. The summed E-state index contributed by atoms with van der Waals surface area (Å²) in [5, 5.41) is 0. The van der Waals surface area contributed by atoms with E-state index in [2.05, 4.69) is 66.4 Å². The number of nitrogens with zero attached hydrogens (tertiary/aromatic N) is 3. The van der Waals surface area contributed by atoms with Crippen LogP contribution < -0.4 is 4.90 Å². The Morgan fingerprint density at radius 3 is 2.64 bits per heavy atom. The maximum absolute atomic E-state index is 4.70. The third-order valence-corrected chi connectivity index (χ3v) is 4.66. The second-order valence-corrected chi connectivity index (χ2v) is 5.98. The first-order valence-electron chi connectivity index (χ1n) is 8.28. The zero-order chi connectivity index (χ0) is 15.4. The highest BCUT2D eigenvalue weighted by molar-refractivity contribution is 5.58. The van der Waals surface area contributed by atoms with Crippen LogP contribution in [0.5, 0.6) is 0 Å². The van der Waals surface area contributed by atoms with E-state index < -0.39 is 0 Å². The Balaban J connectivity index is 1.77. The molecule has 1 aliphatic rings. The first-order chi connectivity index (χ1) is 10.8. The van der Waals surface area contributed by atoms with Crippen LogP contribution in [0, 0.1) is 0 Å². The Kier molecular flexibility index (Phi) is 4.74. The summed E-state index contributed by atoms with van der Waals surface area (Å²) in [4.78, 5) is 9.40. The quantitative estimate of drug-likeness (QED) is 0.833. The van der Waals surface area contributed by atoms with Crippen LogP contribution in [-0.2, 0) is 0 Å². The maximum atomic E-state index is 4.70. The summed E-state index contributed by atoms with van der Waals surface area (Å²) in [7, 11) is 2.07. The minimum absolute atomic E-state index is 0.544. The number of pyridine rings is 1. The van der Waals surface area contributed by atoms with E-state index in [1.165, 1.54) is 31.4 Å². The highest BCUT2D eigenvalue weighted by Gasteiger charge is 2.22. The zero-order valence-electron chi connectivity index (χ0n) is 13.6. The molecule has 0 unspecified atom stereocenters. The zero-order valence-corrected chi connectivity index (χ0v) is 13.6. The number of aromatic nitrogens is 1. The first kappa shape index (κ1) is 15.0. The molecule has 0 radical (unpaired) electrons. The van der Waals surface area contributed by atoms with Gasteiger partial charge < -0.3 is 4.90 Å². The summed E-state index contributed by atoms with van der Waals surface area (Å²) >= 11 is 0. The highest BCUT2D eigenvalue weighted by atomic mass is 15.2. The number of hydrogen-bond donors (Lipinski definition) is 0. The third kappa shape index (κ3) is 3.14. The molecule has 2 aromatic rings. The lowest BCUT2D eigenvalue weighted by atomic mass is 9.96. The van der Waals surface area contributed by atoms with Crippen molar-refractivity contribution in [1.29, 1.82) is 0 Å². The van der Waals surface area contributed by atoms with Crippen molar-refractivity contribution in [1.82, 2.24) is 9.88 Å². The lowest BCUT2D eigenvalue weighted by Crippen LogP contribution is -2.33. The van der Waals surface area contributed by atoms with Crippen LogP contribution in [0.3, 0.4) is 0 Å². The van der Waals surface area contributed by atoms with Crippen molar-refractivity contribution in [3.05, 3.63) is 54.2 Å². The van der Waals surface area contributed by atoms with Gasteiger partial charge in [-0.05, 0) is 49.7 Å². The summed E-state index contributed by atoms with van der Waals surface area (Å²) in [6, 6.07) is 15.3. The van der Waals surface area contributed by atoms with Crippen LogP contribution in [0.15, 0.2) is 48.7 Å². The second-order valence-electron chi connectivity index (χ2n) is 5.98. The van der Waals surface area contributed by atoms with Crippen LogP contribution in [-0.4, -0.2) is 30.0 Å². The maximum Gasteiger partial charge on any atom is 0.132 e. The van der Waals surface area contributed by atoms with Gasteiger partial charge in [0.05, 0.1) is 0 Å². The van der Waals surface area contributed by atoms with E-state index in [9.17, 15) is 0 Å². The lowest BCUT2D eigenvalue weighted by molar-refractivity contribution is 0.157. The Morgan fingerprint density at radius 1 is 1.14 bits per heavy atom. The van der Waals surface area contributed by atoms with Crippen molar-refractivity contribution in [3.8, 4) is 0 Å². The molecule has 0 saturated carbocycles. The largest absolute Gasteiger partial charge is 0.329 e. The molecule has 1 saturated heterocycles. The molecule has 1 aliphatic heterocycles.